The number of nitrogens with zero attached hydrogens (tertiary/aromatic N) is 1. The number of benzene rings is 2. The SMILES string of the molecule is NC(Cc1ccccc1)c1nc(C(=O)NCCc2ccccc2F)co1. The molecule has 26 heavy (non-hydrogen) atoms. The largest absolute Gasteiger partial charge is 0.446 e. The Morgan fingerprint density at radius 3 is 2.65 bits per heavy atom. The molecule has 3 aromatic rings. The first-order chi connectivity index (χ1) is 12.6. The standard InChI is InChI=1S/C20H20FN3O2/c21-16-9-5-4-8-15(16)10-11-23-19(25)18-13-26-20(24-18)17(22)12-14-6-2-1-3-7-14/h1-9,13,17H,10-12,22H2,(H,23,25). The minimum Gasteiger partial charge on any atom is -0.446 e. The van der Waals surface area contributed by atoms with Crippen LogP contribution in [0.5, 0.6) is 0 Å². The van der Waals surface area contributed by atoms with E-state index >= 15 is 0 Å². The Balaban J connectivity index is 1.53. The summed E-state index contributed by atoms with van der Waals surface area (Å²) in [5.74, 6) is -0.339. The molecule has 0 bridgehead atoms. The molecule has 2 aromatic carbocycles. The zero-order valence-electron chi connectivity index (χ0n) is 14.2. The summed E-state index contributed by atoms with van der Waals surface area (Å²) in [5, 5.41) is 2.71. The first-order valence-corrected chi connectivity index (χ1v) is 8.40. The Morgan fingerprint density at radius 1 is 1.15 bits per heavy atom. The fraction of sp³-hybridized carbons (Fsp3) is 0.200. The van der Waals surface area contributed by atoms with Crippen LogP contribution < -0.4 is 11.1 Å². The van der Waals surface area contributed by atoms with Crippen LogP contribution in [0.25, 0.3) is 0 Å². The van der Waals surface area contributed by atoms with Gasteiger partial charge in [0.15, 0.2) is 5.69 Å². The van der Waals surface area contributed by atoms with E-state index in [0.29, 0.717) is 30.8 Å². The predicted octanol–water partition coefficient (Wildman–Crippen LogP) is 3.03. The normalized spacial score (nSPS) is 11.9. The number of hydrogen-bond donors (Lipinski definition) is 2. The number of halogens is 1. The van der Waals surface area contributed by atoms with E-state index in [1.165, 1.54) is 12.3 Å². The molecule has 0 aliphatic heterocycles. The molecule has 1 unspecified atom stereocenters. The van der Waals surface area contributed by atoms with Crippen molar-refractivity contribution in [3.8, 4) is 0 Å². The van der Waals surface area contributed by atoms with E-state index in [0.717, 1.165) is 5.56 Å². The van der Waals surface area contributed by atoms with Crippen LogP contribution in [0.15, 0.2) is 65.3 Å². The van der Waals surface area contributed by atoms with E-state index in [9.17, 15) is 9.18 Å². The minimum atomic E-state index is -0.433. The highest BCUT2D eigenvalue weighted by Crippen LogP contribution is 2.15. The second-order valence-corrected chi connectivity index (χ2v) is 5.96. The summed E-state index contributed by atoms with van der Waals surface area (Å²) in [6, 6.07) is 15.8. The molecule has 0 aliphatic rings. The van der Waals surface area contributed by atoms with Gasteiger partial charge in [0, 0.05) is 6.54 Å². The molecule has 1 atom stereocenters. The number of nitrogens with two attached hydrogens (primary N) is 1. The number of carbonyl (C=O) groups is 1. The van der Waals surface area contributed by atoms with Crippen LogP contribution in [0.2, 0.25) is 0 Å². The average molecular weight is 353 g/mol. The summed E-state index contributed by atoms with van der Waals surface area (Å²) >= 11 is 0. The molecule has 0 spiro atoms. The van der Waals surface area contributed by atoms with E-state index in [1.54, 1.807) is 18.2 Å². The Labute approximate surface area is 151 Å². The van der Waals surface area contributed by atoms with Crippen LogP contribution in [-0.4, -0.2) is 17.4 Å². The third kappa shape index (κ3) is 4.55. The van der Waals surface area contributed by atoms with Gasteiger partial charge in [-0.3, -0.25) is 4.79 Å². The molecule has 0 radical (unpaired) electrons. The topological polar surface area (TPSA) is 81.1 Å². The zero-order valence-corrected chi connectivity index (χ0v) is 14.2. The Morgan fingerprint density at radius 2 is 1.88 bits per heavy atom. The second-order valence-electron chi connectivity index (χ2n) is 5.96. The molecule has 0 saturated heterocycles. The summed E-state index contributed by atoms with van der Waals surface area (Å²) in [4.78, 5) is 16.3. The first kappa shape index (κ1) is 17.8. The number of amides is 1. The number of hydrogen-bond acceptors (Lipinski definition) is 4. The van der Waals surface area contributed by atoms with Crippen molar-refractivity contribution in [2.45, 2.75) is 18.9 Å². The summed E-state index contributed by atoms with van der Waals surface area (Å²) in [7, 11) is 0. The lowest BCUT2D eigenvalue weighted by Crippen LogP contribution is -2.26. The molecular weight excluding hydrogens is 333 g/mol. The number of oxazole rings is 1. The van der Waals surface area contributed by atoms with Crippen molar-refractivity contribution in [3.63, 3.8) is 0 Å². The minimum absolute atomic E-state index is 0.164. The lowest BCUT2D eigenvalue weighted by atomic mass is 10.1. The molecule has 1 heterocycles. The van der Waals surface area contributed by atoms with Crippen LogP contribution in [0.3, 0.4) is 0 Å². The van der Waals surface area contributed by atoms with Gasteiger partial charge in [-0.15, -0.1) is 0 Å². The lowest BCUT2D eigenvalue weighted by Gasteiger charge is -2.07. The van der Waals surface area contributed by atoms with Crippen LogP contribution in [-0.2, 0) is 12.8 Å². The van der Waals surface area contributed by atoms with Crippen molar-refractivity contribution in [2.24, 2.45) is 5.73 Å². The van der Waals surface area contributed by atoms with Crippen LogP contribution in [0, 0.1) is 5.82 Å². The number of rotatable bonds is 7. The molecule has 3 N–H and O–H groups in total. The van der Waals surface area contributed by atoms with Crippen LogP contribution in [0.1, 0.15) is 33.5 Å². The van der Waals surface area contributed by atoms with E-state index in [4.69, 9.17) is 10.2 Å². The Bertz CT molecular complexity index is 864. The number of nitrogens with one attached hydrogen (secondary N) is 1. The molecule has 5 nitrogen and oxygen atoms in total. The van der Waals surface area contributed by atoms with Crippen LogP contribution in [0.4, 0.5) is 4.39 Å². The monoisotopic (exact) mass is 353 g/mol. The number of carbonyl (C=O) groups excluding carboxylic acids is 1. The van der Waals surface area contributed by atoms with Gasteiger partial charge in [-0.05, 0) is 30.0 Å². The van der Waals surface area contributed by atoms with Crippen molar-refractivity contribution in [1.29, 1.82) is 0 Å². The lowest BCUT2D eigenvalue weighted by molar-refractivity contribution is 0.0949. The molecule has 0 saturated carbocycles. The van der Waals surface area contributed by atoms with E-state index in [1.807, 2.05) is 30.3 Å². The van der Waals surface area contributed by atoms with Gasteiger partial charge in [-0.25, -0.2) is 9.37 Å². The maximum atomic E-state index is 13.6. The molecule has 3 rings (SSSR count). The molecule has 0 fully saturated rings. The highest BCUT2D eigenvalue weighted by molar-refractivity contribution is 5.91. The van der Waals surface area contributed by atoms with Crippen molar-refractivity contribution < 1.29 is 13.6 Å². The Hall–Kier alpha value is -2.99. The van der Waals surface area contributed by atoms with E-state index in [-0.39, 0.29) is 17.4 Å². The summed E-state index contributed by atoms with van der Waals surface area (Å²) in [5.41, 5.74) is 7.89. The predicted molar refractivity (Wildman–Crippen MR) is 96.0 cm³/mol. The van der Waals surface area contributed by atoms with Gasteiger partial charge >= 0.3 is 0 Å². The summed E-state index contributed by atoms with van der Waals surface area (Å²) < 4.78 is 18.9. The van der Waals surface area contributed by atoms with Gasteiger partial charge in [0.1, 0.15) is 12.1 Å². The van der Waals surface area contributed by atoms with Crippen LogP contribution >= 0.6 is 0 Å². The Kier molecular flexibility index (Phi) is 5.76. The van der Waals surface area contributed by atoms with Gasteiger partial charge in [0.2, 0.25) is 5.89 Å². The van der Waals surface area contributed by atoms with Crippen molar-refractivity contribution in [3.05, 3.63) is 89.4 Å². The fourth-order valence-corrected chi connectivity index (χ4v) is 2.62. The van der Waals surface area contributed by atoms with Crippen molar-refractivity contribution in [2.75, 3.05) is 6.54 Å². The zero-order chi connectivity index (χ0) is 18.4. The summed E-state index contributed by atoms with van der Waals surface area (Å²) in [6.07, 6.45) is 2.25. The molecule has 0 aliphatic carbocycles. The third-order valence-electron chi connectivity index (χ3n) is 4.01. The van der Waals surface area contributed by atoms with Gasteiger partial charge in [-0.2, -0.15) is 0 Å². The maximum Gasteiger partial charge on any atom is 0.273 e. The smallest absolute Gasteiger partial charge is 0.273 e. The van der Waals surface area contributed by atoms with E-state index in [2.05, 4.69) is 10.3 Å². The van der Waals surface area contributed by atoms with Gasteiger partial charge in [-0.1, -0.05) is 48.5 Å². The van der Waals surface area contributed by atoms with Gasteiger partial charge in [0.25, 0.3) is 5.91 Å². The molecular formula is C20H20FN3O2. The number of aromatic nitrogens is 1. The highest BCUT2D eigenvalue weighted by atomic mass is 19.1. The quantitative estimate of drug-likeness (QED) is 0.684. The molecule has 1 aromatic heterocycles. The second kappa shape index (κ2) is 8.40. The molecule has 1 amide bonds. The molecule has 6 heteroatoms. The van der Waals surface area contributed by atoms with Gasteiger partial charge < -0.3 is 15.5 Å². The summed E-state index contributed by atoms with van der Waals surface area (Å²) in [6.45, 7) is 0.304. The fourth-order valence-electron chi connectivity index (χ4n) is 2.62. The van der Waals surface area contributed by atoms with E-state index < -0.39 is 6.04 Å². The average Bonchev–Trinajstić information content (AvgIpc) is 3.14. The van der Waals surface area contributed by atoms with Crippen molar-refractivity contribution in [1.82, 2.24) is 10.3 Å². The highest BCUT2D eigenvalue weighted by Gasteiger charge is 2.17. The van der Waals surface area contributed by atoms with Crippen molar-refractivity contribution >= 4 is 5.91 Å². The molecule has 134 valence electrons. The maximum absolute atomic E-state index is 13.6. The van der Waals surface area contributed by atoms with Gasteiger partial charge in [0.05, 0.1) is 6.04 Å². The first-order valence-electron chi connectivity index (χ1n) is 8.40. The third-order valence-corrected chi connectivity index (χ3v) is 4.01.